The fraction of sp³-hybridized carbons (Fsp3) is 0.944. The second kappa shape index (κ2) is 7.95. The van der Waals surface area contributed by atoms with Gasteiger partial charge in [0.25, 0.3) is 0 Å². The highest BCUT2D eigenvalue weighted by atomic mass is 16.5. The van der Waals surface area contributed by atoms with Crippen LogP contribution in [0.1, 0.15) is 39.0 Å². The third-order valence-electron chi connectivity index (χ3n) is 6.20. The summed E-state index contributed by atoms with van der Waals surface area (Å²) in [6.07, 6.45) is 5.53. The highest BCUT2D eigenvalue weighted by Crippen LogP contribution is 2.36. The summed E-state index contributed by atoms with van der Waals surface area (Å²) in [6.45, 7) is 7.70. The van der Waals surface area contributed by atoms with Gasteiger partial charge in [0, 0.05) is 32.1 Å². The van der Waals surface area contributed by atoms with Gasteiger partial charge in [0.05, 0.1) is 25.9 Å². The van der Waals surface area contributed by atoms with Crippen molar-refractivity contribution < 1.29 is 14.6 Å². The lowest BCUT2D eigenvalue weighted by Crippen LogP contribution is -2.47. The molecule has 1 N–H and O–H groups in total. The number of rotatable bonds is 5. The van der Waals surface area contributed by atoms with E-state index in [0.717, 1.165) is 58.7 Å². The summed E-state index contributed by atoms with van der Waals surface area (Å²) in [7, 11) is 0. The van der Waals surface area contributed by atoms with Crippen molar-refractivity contribution in [1.82, 2.24) is 9.80 Å². The van der Waals surface area contributed by atoms with Crippen LogP contribution < -0.4 is 0 Å². The summed E-state index contributed by atoms with van der Waals surface area (Å²) in [5, 5.41) is 10.0. The summed E-state index contributed by atoms with van der Waals surface area (Å²) in [5.74, 6) is 1.43. The van der Waals surface area contributed by atoms with E-state index in [1.807, 2.05) is 4.90 Å². The van der Waals surface area contributed by atoms with Gasteiger partial charge in [0.1, 0.15) is 0 Å². The molecule has 0 aromatic carbocycles. The SMILES string of the molecule is CC[C@@H]1CN(C(=O)C2CCCC2)[C@H](CO)[C@@H]1CN1CCOCC1. The molecule has 5 heteroatoms. The van der Waals surface area contributed by atoms with E-state index in [4.69, 9.17) is 4.74 Å². The first-order chi connectivity index (χ1) is 11.2. The van der Waals surface area contributed by atoms with Crippen molar-refractivity contribution in [2.75, 3.05) is 46.0 Å². The van der Waals surface area contributed by atoms with Crippen LogP contribution >= 0.6 is 0 Å². The van der Waals surface area contributed by atoms with Gasteiger partial charge in [-0.15, -0.1) is 0 Å². The monoisotopic (exact) mass is 324 g/mol. The predicted octanol–water partition coefficient (Wildman–Crippen LogP) is 1.35. The molecule has 2 aliphatic heterocycles. The zero-order chi connectivity index (χ0) is 16.2. The van der Waals surface area contributed by atoms with Crippen LogP contribution in [0.2, 0.25) is 0 Å². The summed E-state index contributed by atoms with van der Waals surface area (Å²) >= 11 is 0. The van der Waals surface area contributed by atoms with Gasteiger partial charge < -0.3 is 14.7 Å². The van der Waals surface area contributed by atoms with Crippen LogP contribution in [0.25, 0.3) is 0 Å². The van der Waals surface area contributed by atoms with Gasteiger partial charge in [-0.3, -0.25) is 9.69 Å². The summed E-state index contributed by atoms with van der Waals surface area (Å²) in [6, 6.07) is 0.0101. The molecule has 0 aromatic rings. The topological polar surface area (TPSA) is 53.0 Å². The molecule has 0 bridgehead atoms. The standard InChI is InChI=1S/C18H32N2O3/c1-2-14-11-20(18(22)15-5-3-4-6-15)17(13-21)16(14)12-19-7-9-23-10-8-19/h14-17,21H,2-13H2,1H3/t14-,16-,17-/m1/s1. The van der Waals surface area contributed by atoms with Crippen molar-refractivity contribution in [3.63, 3.8) is 0 Å². The Bertz CT molecular complexity index is 392. The molecule has 5 nitrogen and oxygen atoms in total. The first kappa shape index (κ1) is 17.2. The number of likely N-dealkylation sites (tertiary alicyclic amines) is 1. The van der Waals surface area contributed by atoms with Crippen molar-refractivity contribution in [2.45, 2.75) is 45.1 Å². The van der Waals surface area contributed by atoms with Gasteiger partial charge in [0.15, 0.2) is 0 Å². The lowest BCUT2D eigenvalue weighted by atomic mass is 9.88. The van der Waals surface area contributed by atoms with Crippen LogP contribution in [0.3, 0.4) is 0 Å². The van der Waals surface area contributed by atoms with Gasteiger partial charge in [-0.05, 0) is 24.7 Å². The number of carbonyl (C=O) groups is 1. The van der Waals surface area contributed by atoms with E-state index in [2.05, 4.69) is 11.8 Å². The van der Waals surface area contributed by atoms with Crippen LogP contribution in [-0.4, -0.2) is 72.9 Å². The van der Waals surface area contributed by atoms with Gasteiger partial charge in [-0.2, -0.15) is 0 Å². The maximum atomic E-state index is 12.9. The molecular formula is C18H32N2O3. The number of hydrogen-bond acceptors (Lipinski definition) is 4. The van der Waals surface area contributed by atoms with E-state index < -0.39 is 0 Å². The van der Waals surface area contributed by atoms with E-state index in [-0.39, 0.29) is 18.6 Å². The van der Waals surface area contributed by atoms with Crippen molar-refractivity contribution in [3.05, 3.63) is 0 Å². The van der Waals surface area contributed by atoms with E-state index in [1.165, 1.54) is 12.8 Å². The average Bonchev–Trinajstić information content (AvgIpc) is 3.23. The normalized spacial score (nSPS) is 33.5. The molecule has 3 fully saturated rings. The first-order valence-electron chi connectivity index (χ1n) is 9.46. The number of carbonyl (C=O) groups excluding carboxylic acids is 1. The van der Waals surface area contributed by atoms with Crippen molar-refractivity contribution in [3.8, 4) is 0 Å². The molecule has 0 spiro atoms. The van der Waals surface area contributed by atoms with Crippen molar-refractivity contribution in [1.29, 1.82) is 0 Å². The summed E-state index contributed by atoms with van der Waals surface area (Å²) in [4.78, 5) is 17.4. The Morgan fingerprint density at radius 3 is 2.52 bits per heavy atom. The fourth-order valence-electron chi connectivity index (χ4n) is 4.75. The van der Waals surface area contributed by atoms with Crippen LogP contribution in [-0.2, 0) is 9.53 Å². The highest BCUT2D eigenvalue weighted by molar-refractivity contribution is 5.79. The second-order valence-electron chi connectivity index (χ2n) is 7.47. The van der Waals surface area contributed by atoms with Gasteiger partial charge in [-0.25, -0.2) is 0 Å². The van der Waals surface area contributed by atoms with E-state index in [1.54, 1.807) is 0 Å². The minimum absolute atomic E-state index is 0.0101. The molecule has 3 atom stereocenters. The van der Waals surface area contributed by atoms with Crippen LogP contribution in [0.15, 0.2) is 0 Å². The molecule has 132 valence electrons. The molecule has 0 aromatic heterocycles. The summed E-state index contributed by atoms with van der Waals surface area (Å²) < 4.78 is 5.44. The number of amides is 1. The number of nitrogens with zero attached hydrogens (tertiary/aromatic N) is 2. The Kier molecular flexibility index (Phi) is 5.94. The number of aliphatic hydroxyl groups is 1. The van der Waals surface area contributed by atoms with Crippen LogP contribution in [0, 0.1) is 17.8 Å². The minimum atomic E-state index is 0.0101. The molecule has 1 aliphatic carbocycles. The fourth-order valence-corrected chi connectivity index (χ4v) is 4.75. The quantitative estimate of drug-likeness (QED) is 0.829. The molecule has 3 rings (SSSR count). The van der Waals surface area contributed by atoms with Gasteiger partial charge in [0.2, 0.25) is 5.91 Å². The molecule has 2 saturated heterocycles. The molecule has 23 heavy (non-hydrogen) atoms. The third kappa shape index (κ3) is 3.72. The Morgan fingerprint density at radius 2 is 1.91 bits per heavy atom. The largest absolute Gasteiger partial charge is 0.394 e. The van der Waals surface area contributed by atoms with E-state index in [9.17, 15) is 9.90 Å². The molecule has 0 unspecified atom stereocenters. The van der Waals surface area contributed by atoms with Gasteiger partial charge >= 0.3 is 0 Å². The molecule has 2 heterocycles. The van der Waals surface area contributed by atoms with Crippen molar-refractivity contribution >= 4 is 5.91 Å². The molecule has 3 aliphatic rings. The highest BCUT2D eigenvalue weighted by Gasteiger charge is 2.44. The number of hydrogen-bond donors (Lipinski definition) is 1. The molecule has 0 radical (unpaired) electrons. The van der Waals surface area contributed by atoms with Crippen LogP contribution in [0.5, 0.6) is 0 Å². The van der Waals surface area contributed by atoms with E-state index in [0.29, 0.717) is 17.7 Å². The lowest BCUT2D eigenvalue weighted by molar-refractivity contribution is -0.137. The Morgan fingerprint density at radius 1 is 1.22 bits per heavy atom. The molecular weight excluding hydrogens is 292 g/mol. The third-order valence-corrected chi connectivity index (χ3v) is 6.20. The second-order valence-corrected chi connectivity index (χ2v) is 7.47. The Hall–Kier alpha value is -0.650. The number of morpholine rings is 1. The molecule has 1 amide bonds. The zero-order valence-corrected chi connectivity index (χ0v) is 14.5. The zero-order valence-electron chi connectivity index (χ0n) is 14.5. The Balaban J connectivity index is 1.68. The average molecular weight is 324 g/mol. The first-order valence-corrected chi connectivity index (χ1v) is 9.46. The summed E-state index contributed by atoms with van der Waals surface area (Å²) in [5.41, 5.74) is 0. The number of aliphatic hydroxyl groups excluding tert-OH is 1. The smallest absolute Gasteiger partial charge is 0.226 e. The maximum absolute atomic E-state index is 12.9. The lowest BCUT2D eigenvalue weighted by Gasteiger charge is -2.34. The number of ether oxygens (including phenoxy) is 1. The Labute approximate surface area is 140 Å². The van der Waals surface area contributed by atoms with Crippen molar-refractivity contribution in [2.24, 2.45) is 17.8 Å². The van der Waals surface area contributed by atoms with Crippen LogP contribution in [0.4, 0.5) is 0 Å². The van der Waals surface area contributed by atoms with E-state index >= 15 is 0 Å². The van der Waals surface area contributed by atoms with Gasteiger partial charge in [-0.1, -0.05) is 26.2 Å². The molecule has 1 saturated carbocycles. The minimum Gasteiger partial charge on any atom is -0.394 e. The maximum Gasteiger partial charge on any atom is 0.226 e. The predicted molar refractivity (Wildman–Crippen MR) is 89.1 cm³/mol.